The van der Waals surface area contributed by atoms with Crippen molar-refractivity contribution in [2.45, 2.75) is 63.3 Å². The van der Waals surface area contributed by atoms with E-state index >= 15 is 0 Å². The number of hydrogen-bond acceptors (Lipinski definition) is 9. The van der Waals surface area contributed by atoms with Crippen molar-refractivity contribution in [2.24, 2.45) is 0 Å². The van der Waals surface area contributed by atoms with Crippen LogP contribution in [0.15, 0.2) is 60.7 Å². The van der Waals surface area contributed by atoms with E-state index in [1.165, 1.54) is 0 Å². The molecule has 1 N–H and O–H groups in total. The fraction of sp³-hybridized carbons (Fsp3) is 0.433. The largest absolute Gasteiger partial charge is 0.417 e. The van der Waals surface area contributed by atoms with Crippen molar-refractivity contribution in [2.75, 3.05) is 30.0 Å². The highest BCUT2D eigenvalue weighted by molar-refractivity contribution is 7.87. The number of nitrogens with zero attached hydrogens (tertiary/aromatic N) is 3. The van der Waals surface area contributed by atoms with Gasteiger partial charge in [0.25, 0.3) is 10.1 Å². The maximum atomic E-state index is 13.0. The first kappa shape index (κ1) is 29.0. The first-order chi connectivity index (χ1) is 19.7. The molecule has 10 nitrogen and oxygen atoms in total. The van der Waals surface area contributed by atoms with Crippen LogP contribution >= 0.6 is 0 Å². The van der Waals surface area contributed by atoms with E-state index in [4.69, 9.17) is 23.6 Å². The molecule has 1 aliphatic heterocycles. The van der Waals surface area contributed by atoms with Gasteiger partial charge in [-0.15, -0.1) is 0 Å². The van der Waals surface area contributed by atoms with Gasteiger partial charge in [0.1, 0.15) is 17.2 Å². The van der Waals surface area contributed by atoms with Gasteiger partial charge in [0, 0.05) is 23.9 Å². The molecule has 3 aromatic rings. The van der Waals surface area contributed by atoms with Gasteiger partial charge in [-0.1, -0.05) is 31.5 Å². The number of anilines is 2. The Morgan fingerprint density at radius 1 is 1.12 bits per heavy atom. The van der Waals surface area contributed by atoms with E-state index in [1.54, 1.807) is 43.3 Å². The van der Waals surface area contributed by atoms with Crippen molar-refractivity contribution in [3.8, 4) is 17.1 Å². The number of carbonyl (C=O) groups excluding carboxylic acids is 1. The van der Waals surface area contributed by atoms with Gasteiger partial charge in [-0.3, -0.25) is 9.50 Å². The molecular weight excluding hydrogens is 544 g/mol. The summed E-state index contributed by atoms with van der Waals surface area (Å²) >= 11 is 0. The van der Waals surface area contributed by atoms with Crippen molar-refractivity contribution >= 4 is 27.7 Å². The van der Waals surface area contributed by atoms with Crippen LogP contribution in [0, 0.1) is 0 Å². The molecular formula is C30H36N4O6S. The first-order valence-corrected chi connectivity index (χ1v) is 15.5. The Balaban J connectivity index is 1.46. The first-order valence-electron chi connectivity index (χ1n) is 14.0. The molecule has 1 aliphatic carbocycles. The van der Waals surface area contributed by atoms with Gasteiger partial charge in [0.15, 0.2) is 5.82 Å². The van der Waals surface area contributed by atoms with E-state index in [-0.39, 0.29) is 6.04 Å². The van der Waals surface area contributed by atoms with Crippen LogP contribution in [0.25, 0.3) is 11.4 Å². The van der Waals surface area contributed by atoms with E-state index in [2.05, 4.69) is 17.1 Å². The van der Waals surface area contributed by atoms with E-state index in [0.29, 0.717) is 79.8 Å². The molecule has 2 aliphatic rings. The van der Waals surface area contributed by atoms with Crippen molar-refractivity contribution < 1.29 is 26.9 Å². The summed E-state index contributed by atoms with van der Waals surface area (Å²) in [6, 6.07) is 17.8. The molecule has 2 atom stereocenters. The number of carbonyl (C=O) groups is 1. The van der Waals surface area contributed by atoms with Crippen LogP contribution in [0.2, 0.25) is 0 Å². The van der Waals surface area contributed by atoms with Gasteiger partial charge in [0.2, 0.25) is 0 Å². The molecule has 2 aromatic carbocycles. The quantitative estimate of drug-likeness (QED) is 0.310. The molecule has 1 amide bonds. The lowest BCUT2D eigenvalue weighted by Crippen LogP contribution is -2.44. The summed E-state index contributed by atoms with van der Waals surface area (Å²) in [6.07, 6.45) is 1.82. The van der Waals surface area contributed by atoms with E-state index in [1.807, 2.05) is 31.2 Å². The van der Waals surface area contributed by atoms with E-state index in [9.17, 15) is 13.2 Å². The smallest absolute Gasteiger partial charge is 0.410 e. The third-order valence-electron chi connectivity index (χ3n) is 7.22. The topological polar surface area (TPSA) is 120 Å². The van der Waals surface area contributed by atoms with Crippen LogP contribution in [0.4, 0.5) is 16.3 Å². The van der Waals surface area contributed by atoms with Crippen molar-refractivity contribution in [3.05, 3.63) is 66.4 Å². The average Bonchev–Trinajstić information content (AvgIpc) is 3.81. The summed E-state index contributed by atoms with van der Waals surface area (Å²) < 4.78 is 42.8. The van der Waals surface area contributed by atoms with Crippen molar-refractivity contribution in [3.63, 3.8) is 0 Å². The molecule has 5 rings (SSSR count). The predicted octanol–water partition coefficient (Wildman–Crippen LogP) is 5.50. The van der Waals surface area contributed by atoms with Crippen LogP contribution in [0.1, 0.15) is 52.1 Å². The van der Waals surface area contributed by atoms with Gasteiger partial charge in [-0.25, -0.2) is 14.8 Å². The lowest BCUT2D eigenvalue weighted by molar-refractivity contribution is 0.0790. The summed E-state index contributed by atoms with van der Waals surface area (Å²) in [5, 5.41) is 2.27. The highest BCUT2D eigenvalue weighted by Crippen LogP contribution is 2.39. The second kappa shape index (κ2) is 12.1. The van der Waals surface area contributed by atoms with Crippen molar-refractivity contribution in [1.29, 1.82) is 0 Å². The number of ether oxygens (including phenoxy) is 2. The molecule has 0 spiro atoms. The highest BCUT2D eigenvalue weighted by atomic mass is 32.2. The highest BCUT2D eigenvalue weighted by Gasteiger charge is 2.43. The minimum absolute atomic E-state index is 0.0788. The summed E-state index contributed by atoms with van der Waals surface area (Å²) in [7, 11) is -3.73. The minimum atomic E-state index is -3.73. The second-order valence-corrected chi connectivity index (χ2v) is 12.5. The summed E-state index contributed by atoms with van der Waals surface area (Å²) in [6.45, 7) is 7.63. The molecule has 1 unspecified atom stereocenters. The lowest BCUT2D eigenvalue weighted by Gasteiger charge is -2.35. The number of hydrogen-bond donors (Lipinski definition) is 1. The van der Waals surface area contributed by atoms with Gasteiger partial charge in [-0.05, 0) is 69.5 Å². The van der Waals surface area contributed by atoms with Gasteiger partial charge < -0.3 is 14.4 Å². The molecule has 1 saturated carbocycles. The number of morpholine rings is 1. The van der Waals surface area contributed by atoms with Crippen LogP contribution < -0.4 is 15.0 Å². The van der Waals surface area contributed by atoms with Crippen molar-refractivity contribution in [1.82, 2.24) is 9.97 Å². The third kappa shape index (κ3) is 7.03. The maximum Gasteiger partial charge on any atom is 0.417 e. The Bertz CT molecular complexity index is 1460. The zero-order chi connectivity index (χ0) is 29.0. The number of rotatable bonds is 10. The molecule has 1 saturated heterocycles. The molecule has 0 radical (unpaired) electrons. The third-order valence-corrected chi connectivity index (χ3v) is 9.11. The fourth-order valence-corrected chi connectivity index (χ4v) is 6.39. The Hall–Kier alpha value is -3.54. The number of aromatic nitrogens is 2. The summed E-state index contributed by atoms with van der Waals surface area (Å²) in [4.78, 5) is 24.2. The Kier molecular flexibility index (Phi) is 8.58. The average molecular weight is 581 g/mol. The van der Waals surface area contributed by atoms with Crippen LogP contribution in [0.3, 0.4) is 0 Å². The fourth-order valence-electron chi connectivity index (χ4n) is 4.86. The number of nitrogens with one attached hydrogen (secondary N) is 1. The molecule has 1 aromatic heterocycles. The standard InChI is InChI=1S/C30H36N4O6S/c1-4-16-30(3,40-41(36,37)25-14-15-25)26-19-27(34-17-18-38-20-21(34)2)33-28(32-26)22-10-12-23(13-11-22)31-29(35)39-24-8-6-5-7-9-24/h5-13,19,21,25H,4,14-18,20H2,1-3H3,(H,31,35)/t21-,30?/m0/s1. The number of benzene rings is 2. The molecule has 2 fully saturated rings. The molecule has 41 heavy (non-hydrogen) atoms. The summed E-state index contributed by atoms with van der Waals surface area (Å²) in [5.41, 5.74) is 0.610. The van der Waals surface area contributed by atoms with Gasteiger partial charge >= 0.3 is 6.09 Å². The molecule has 0 bridgehead atoms. The Morgan fingerprint density at radius 2 is 1.85 bits per heavy atom. The normalized spacial score (nSPS) is 18.9. The number of para-hydroxylation sites is 1. The monoisotopic (exact) mass is 580 g/mol. The SMILES string of the molecule is CCCC(C)(OS(=O)(=O)C1CC1)c1cc(N2CCOC[C@@H]2C)nc(-c2ccc(NC(=O)Oc3ccccc3)cc2)n1. The zero-order valence-corrected chi connectivity index (χ0v) is 24.4. The Labute approximate surface area is 241 Å². The molecule has 11 heteroatoms. The maximum absolute atomic E-state index is 13.0. The zero-order valence-electron chi connectivity index (χ0n) is 23.6. The van der Waals surface area contributed by atoms with E-state index in [0.717, 1.165) is 0 Å². The van der Waals surface area contributed by atoms with E-state index < -0.39 is 27.1 Å². The minimum Gasteiger partial charge on any atom is -0.410 e. The predicted molar refractivity (Wildman–Crippen MR) is 156 cm³/mol. The number of amides is 1. The van der Waals surface area contributed by atoms with Crippen LogP contribution in [-0.4, -0.2) is 55.5 Å². The van der Waals surface area contributed by atoms with Crippen LogP contribution in [-0.2, 0) is 24.6 Å². The van der Waals surface area contributed by atoms with Gasteiger partial charge in [0.05, 0.1) is 30.2 Å². The summed E-state index contributed by atoms with van der Waals surface area (Å²) in [5.74, 6) is 1.56. The van der Waals surface area contributed by atoms with Gasteiger partial charge in [-0.2, -0.15) is 8.42 Å². The second-order valence-electron chi connectivity index (χ2n) is 10.7. The lowest BCUT2D eigenvalue weighted by atomic mass is 9.95. The Morgan fingerprint density at radius 3 is 2.51 bits per heavy atom. The van der Waals surface area contributed by atoms with Crippen LogP contribution in [0.5, 0.6) is 5.75 Å². The molecule has 2 heterocycles. The molecule has 218 valence electrons.